The fourth-order valence-electron chi connectivity index (χ4n) is 2.53. The van der Waals surface area contributed by atoms with E-state index >= 15 is 0 Å². The molecule has 2 aromatic carbocycles. The molecular weight excluding hydrogens is 445 g/mol. The largest absolute Gasteiger partial charge is 0.351 e. The van der Waals surface area contributed by atoms with Crippen molar-refractivity contribution < 1.29 is 18.9 Å². The number of thioether (sulfide) groups is 1. The summed E-state index contributed by atoms with van der Waals surface area (Å²) in [6, 6.07) is 10.1. The van der Waals surface area contributed by atoms with Gasteiger partial charge in [-0.3, -0.25) is 25.0 Å². The van der Waals surface area contributed by atoms with E-state index in [-0.39, 0.29) is 46.0 Å². The number of aromatic nitrogens is 2. The van der Waals surface area contributed by atoms with Crippen LogP contribution >= 0.6 is 23.1 Å². The van der Waals surface area contributed by atoms with E-state index in [4.69, 9.17) is 0 Å². The van der Waals surface area contributed by atoms with Crippen LogP contribution in [-0.2, 0) is 11.3 Å². The zero-order chi connectivity index (χ0) is 22.4. The van der Waals surface area contributed by atoms with Gasteiger partial charge in [0.1, 0.15) is 5.82 Å². The van der Waals surface area contributed by atoms with E-state index in [9.17, 15) is 24.1 Å². The SMILES string of the molecule is Cc1c(C(=O)Nc2nnc(SCC(=O)NCc3ccc(F)cc3)s2)cccc1[N+](=O)[O-]. The Hall–Kier alpha value is -3.38. The number of nitrogens with one attached hydrogen (secondary N) is 2. The van der Waals surface area contributed by atoms with Crippen molar-refractivity contribution in [3.63, 3.8) is 0 Å². The van der Waals surface area contributed by atoms with Gasteiger partial charge in [0, 0.05) is 23.7 Å². The minimum Gasteiger partial charge on any atom is -0.351 e. The zero-order valence-electron chi connectivity index (χ0n) is 16.1. The van der Waals surface area contributed by atoms with Crippen LogP contribution < -0.4 is 10.6 Å². The van der Waals surface area contributed by atoms with Crippen molar-refractivity contribution in [2.45, 2.75) is 17.8 Å². The van der Waals surface area contributed by atoms with Gasteiger partial charge in [0.15, 0.2) is 4.34 Å². The molecule has 0 fully saturated rings. The topological polar surface area (TPSA) is 127 Å². The van der Waals surface area contributed by atoms with Crippen molar-refractivity contribution in [1.29, 1.82) is 0 Å². The second-order valence-corrected chi connectivity index (χ2v) is 8.43. The number of carbonyl (C=O) groups excluding carboxylic acids is 2. The van der Waals surface area contributed by atoms with Crippen molar-refractivity contribution in [1.82, 2.24) is 15.5 Å². The van der Waals surface area contributed by atoms with Gasteiger partial charge in [0.25, 0.3) is 11.6 Å². The lowest BCUT2D eigenvalue weighted by molar-refractivity contribution is -0.385. The summed E-state index contributed by atoms with van der Waals surface area (Å²) in [7, 11) is 0. The standard InChI is InChI=1S/C19H16FN5O4S2/c1-11-14(3-2-4-15(11)25(28)29)17(27)22-18-23-24-19(31-18)30-10-16(26)21-9-12-5-7-13(20)8-6-12/h2-8H,9-10H2,1H3,(H,21,26)(H,22,23,27). The Kier molecular flexibility index (Phi) is 7.26. The summed E-state index contributed by atoms with van der Waals surface area (Å²) in [6.07, 6.45) is 0. The summed E-state index contributed by atoms with van der Waals surface area (Å²) in [6.45, 7) is 1.78. The lowest BCUT2D eigenvalue weighted by atomic mass is 10.1. The highest BCUT2D eigenvalue weighted by molar-refractivity contribution is 8.01. The van der Waals surface area contributed by atoms with Crippen molar-refractivity contribution in [2.75, 3.05) is 11.1 Å². The Balaban J connectivity index is 1.51. The minimum atomic E-state index is -0.549. The molecule has 0 saturated carbocycles. The van der Waals surface area contributed by atoms with Crippen LogP contribution in [-0.4, -0.2) is 32.7 Å². The van der Waals surface area contributed by atoms with Crippen LogP contribution in [0.1, 0.15) is 21.5 Å². The number of nitrogens with zero attached hydrogens (tertiary/aromatic N) is 3. The van der Waals surface area contributed by atoms with Gasteiger partial charge < -0.3 is 5.32 Å². The molecule has 160 valence electrons. The smallest absolute Gasteiger partial charge is 0.273 e. The predicted octanol–water partition coefficient (Wildman–Crippen LogP) is 3.55. The van der Waals surface area contributed by atoms with Crippen LogP contribution in [0.4, 0.5) is 15.2 Å². The highest BCUT2D eigenvalue weighted by atomic mass is 32.2. The summed E-state index contributed by atoms with van der Waals surface area (Å²) in [5.41, 5.74) is 1.05. The molecule has 0 atom stereocenters. The third-order valence-corrected chi connectivity index (χ3v) is 6.08. The number of hydrogen-bond acceptors (Lipinski definition) is 8. The maximum absolute atomic E-state index is 12.9. The average Bonchev–Trinajstić information content (AvgIpc) is 3.19. The van der Waals surface area contributed by atoms with Crippen molar-refractivity contribution >= 4 is 45.7 Å². The highest BCUT2D eigenvalue weighted by Crippen LogP contribution is 2.27. The first-order chi connectivity index (χ1) is 14.8. The van der Waals surface area contributed by atoms with Crippen LogP contribution in [0.15, 0.2) is 46.8 Å². The number of carbonyl (C=O) groups is 2. The summed E-state index contributed by atoms with van der Waals surface area (Å²) in [5.74, 6) is -1.02. The van der Waals surface area contributed by atoms with Gasteiger partial charge >= 0.3 is 0 Å². The van der Waals surface area contributed by atoms with Gasteiger partial charge in [0.05, 0.1) is 10.7 Å². The first-order valence-electron chi connectivity index (χ1n) is 8.86. The Bertz CT molecular complexity index is 1120. The molecule has 1 heterocycles. The Labute approximate surface area is 184 Å². The molecule has 0 saturated heterocycles. The van der Waals surface area contributed by atoms with E-state index < -0.39 is 10.8 Å². The molecule has 0 bridgehead atoms. The maximum atomic E-state index is 12.9. The average molecular weight is 462 g/mol. The molecule has 2 amide bonds. The summed E-state index contributed by atoms with van der Waals surface area (Å²) >= 11 is 2.24. The fourth-order valence-corrected chi connectivity index (χ4v) is 4.11. The number of rotatable bonds is 8. The third-order valence-electron chi connectivity index (χ3n) is 4.10. The number of nitro groups is 1. The van der Waals surface area contributed by atoms with Crippen LogP contribution in [0.5, 0.6) is 0 Å². The second-order valence-electron chi connectivity index (χ2n) is 6.23. The molecule has 3 aromatic rings. The van der Waals surface area contributed by atoms with Crippen molar-refractivity contribution in [2.24, 2.45) is 0 Å². The number of hydrogen-bond donors (Lipinski definition) is 2. The molecular formula is C19H16FN5O4S2. The van der Waals surface area contributed by atoms with E-state index in [1.807, 2.05) is 0 Å². The number of benzene rings is 2. The predicted molar refractivity (Wildman–Crippen MR) is 115 cm³/mol. The molecule has 0 aliphatic rings. The van der Waals surface area contributed by atoms with E-state index in [1.165, 1.54) is 37.3 Å². The molecule has 31 heavy (non-hydrogen) atoms. The first-order valence-corrected chi connectivity index (χ1v) is 10.7. The highest BCUT2D eigenvalue weighted by Gasteiger charge is 2.19. The van der Waals surface area contributed by atoms with Crippen LogP contribution in [0.2, 0.25) is 0 Å². The molecule has 12 heteroatoms. The lowest BCUT2D eigenvalue weighted by Crippen LogP contribution is -2.24. The lowest BCUT2D eigenvalue weighted by Gasteiger charge is -2.05. The third kappa shape index (κ3) is 6.06. The van der Waals surface area contributed by atoms with E-state index in [0.29, 0.717) is 4.34 Å². The van der Waals surface area contributed by atoms with Gasteiger partial charge in [0.2, 0.25) is 11.0 Å². The van der Waals surface area contributed by atoms with Gasteiger partial charge in [-0.25, -0.2) is 4.39 Å². The first kappa shape index (κ1) is 22.3. The molecule has 0 radical (unpaired) electrons. The minimum absolute atomic E-state index is 0.0910. The Morgan fingerprint density at radius 3 is 2.65 bits per heavy atom. The Morgan fingerprint density at radius 2 is 1.94 bits per heavy atom. The molecule has 3 rings (SSSR count). The van der Waals surface area contributed by atoms with E-state index in [0.717, 1.165) is 28.7 Å². The zero-order valence-corrected chi connectivity index (χ0v) is 17.8. The monoisotopic (exact) mass is 461 g/mol. The number of anilines is 1. The molecule has 0 aliphatic heterocycles. The van der Waals surface area contributed by atoms with Gasteiger partial charge in [-0.15, -0.1) is 10.2 Å². The Morgan fingerprint density at radius 1 is 1.19 bits per heavy atom. The van der Waals surface area contributed by atoms with Gasteiger partial charge in [-0.2, -0.15) is 0 Å². The summed E-state index contributed by atoms with van der Waals surface area (Å²) in [5, 5.41) is 24.3. The van der Waals surface area contributed by atoms with Crippen LogP contribution in [0, 0.1) is 22.9 Å². The molecule has 0 unspecified atom stereocenters. The number of amides is 2. The van der Waals surface area contributed by atoms with Gasteiger partial charge in [-0.05, 0) is 30.7 Å². The van der Waals surface area contributed by atoms with E-state index in [2.05, 4.69) is 20.8 Å². The van der Waals surface area contributed by atoms with Crippen LogP contribution in [0.25, 0.3) is 0 Å². The second kappa shape index (κ2) is 10.1. The van der Waals surface area contributed by atoms with Crippen LogP contribution in [0.3, 0.4) is 0 Å². The van der Waals surface area contributed by atoms with Gasteiger partial charge in [-0.1, -0.05) is 41.3 Å². The molecule has 0 spiro atoms. The normalized spacial score (nSPS) is 10.5. The number of nitro benzene ring substituents is 1. The molecule has 0 aliphatic carbocycles. The fraction of sp³-hybridized carbons (Fsp3) is 0.158. The van der Waals surface area contributed by atoms with E-state index in [1.54, 1.807) is 12.1 Å². The molecule has 1 aromatic heterocycles. The molecule has 9 nitrogen and oxygen atoms in total. The summed E-state index contributed by atoms with van der Waals surface area (Å²) in [4.78, 5) is 34.9. The van der Waals surface area contributed by atoms with Crippen molar-refractivity contribution in [3.05, 3.63) is 75.1 Å². The summed E-state index contributed by atoms with van der Waals surface area (Å²) < 4.78 is 13.4. The number of halogens is 1. The van der Waals surface area contributed by atoms with Crippen molar-refractivity contribution in [3.8, 4) is 0 Å². The maximum Gasteiger partial charge on any atom is 0.273 e. The quantitative estimate of drug-likeness (QED) is 0.227. The molecule has 2 N–H and O–H groups in total.